The van der Waals surface area contributed by atoms with Crippen molar-refractivity contribution in [2.45, 2.75) is 18.9 Å². The van der Waals surface area contributed by atoms with E-state index in [1.54, 1.807) is 48.5 Å². The van der Waals surface area contributed by atoms with Gasteiger partial charge in [0.15, 0.2) is 5.78 Å². The van der Waals surface area contributed by atoms with Gasteiger partial charge in [0.25, 0.3) is 5.91 Å². The minimum atomic E-state index is -0.501. The molecule has 1 saturated heterocycles. The van der Waals surface area contributed by atoms with E-state index in [0.29, 0.717) is 43.1 Å². The Morgan fingerprint density at radius 2 is 1.37 bits per heavy atom. The number of ketones is 1. The maximum Gasteiger partial charge on any atom is 0.257 e. The van der Waals surface area contributed by atoms with Gasteiger partial charge in [-0.2, -0.15) is 0 Å². The number of para-hydroxylation sites is 1. The maximum absolute atomic E-state index is 12.8. The number of carbonyl (C=O) groups excluding carboxylic acids is 3. The van der Waals surface area contributed by atoms with E-state index in [4.69, 9.17) is 9.47 Å². The van der Waals surface area contributed by atoms with Crippen molar-refractivity contribution in [3.63, 3.8) is 0 Å². The number of hydrogen-bond acceptors (Lipinski definition) is 6. The van der Waals surface area contributed by atoms with Crippen LogP contribution in [0.3, 0.4) is 0 Å². The molecule has 7 nitrogen and oxygen atoms in total. The van der Waals surface area contributed by atoms with Crippen molar-refractivity contribution >= 4 is 17.6 Å². The van der Waals surface area contributed by atoms with Crippen LogP contribution >= 0.6 is 0 Å². The van der Waals surface area contributed by atoms with Crippen molar-refractivity contribution in [3.05, 3.63) is 96.1 Å². The van der Waals surface area contributed by atoms with E-state index in [1.165, 1.54) is 0 Å². The Morgan fingerprint density at radius 1 is 0.771 bits per heavy atom. The topological polar surface area (TPSA) is 84.9 Å². The van der Waals surface area contributed by atoms with Crippen LogP contribution < -0.4 is 14.8 Å². The fraction of sp³-hybridized carbons (Fsp3) is 0.250. The Balaban J connectivity index is 1.25. The van der Waals surface area contributed by atoms with Crippen LogP contribution in [0.5, 0.6) is 11.5 Å². The zero-order valence-electron chi connectivity index (χ0n) is 19.4. The van der Waals surface area contributed by atoms with Gasteiger partial charge >= 0.3 is 0 Å². The lowest BCUT2D eigenvalue weighted by Gasteiger charge is -2.22. The molecule has 3 aromatic carbocycles. The summed E-state index contributed by atoms with van der Waals surface area (Å²) in [5.74, 6) is 0.550. The summed E-state index contributed by atoms with van der Waals surface area (Å²) in [6.07, 6.45) is 1.40. The van der Waals surface area contributed by atoms with E-state index < -0.39 is 11.9 Å². The molecule has 0 bridgehead atoms. The molecular formula is C28H28N2O5. The Morgan fingerprint density at radius 3 is 2.03 bits per heavy atom. The number of amides is 2. The zero-order valence-corrected chi connectivity index (χ0v) is 19.4. The first-order chi connectivity index (χ1) is 17.1. The predicted octanol–water partition coefficient (Wildman–Crippen LogP) is 3.75. The van der Waals surface area contributed by atoms with E-state index in [9.17, 15) is 14.4 Å². The molecule has 1 fully saturated rings. The Kier molecular flexibility index (Phi) is 8.25. The Labute approximate surface area is 204 Å². The van der Waals surface area contributed by atoms with E-state index in [1.807, 2.05) is 41.3 Å². The number of nitrogens with one attached hydrogen (secondary N) is 1. The molecule has 1 aliphatic rings. The second kappa shape index (κ2) is 11.9. The van der Waals surface area contributed by atoms with Gasteiger partial charge in [-0.3, -0.25) is 24.6 Å². The fourth-order valence-corrected chi connectivity index (χ4v) is 4.02. The molecule has 1 heterocycles. The van der Waals surface area contributed by atoms with Crippen LogP contribution in [-0.4, -0.2) is 54.8 Å². The average molecular weight is 473 g/mol. The number of rotatable bonds is 10. The highest BCUT2D eigenvalue weighted by molar-refractivity contribution is 6.06. The first kappa shape index (κ1) is 24.2. The highest BCUT2D eigenvalue weighted by atomic mass is 16.5. The Hall–Kier alpha value is -3.97. The first-order valence-corrected chi connectivity index (χ1v) is 11.7. The largest absolute Gasteiger partial charge is 0.490 e. The van der Waals surface area contributed by atoms with E-state index >= 15 is 0 Å². The summed E-state index contributed by atoms with van der Waals surface area (Å²) >= 11 is 0. The van der Waals surface area contributed by atoms with E-state index in [-0.39, 0.29) is 18.2 Å². The zero-order chi connectivity index (χ0) is 24.5. The minimum Gasteiger partial charge on any atom is -0.490 e. The van der Waals surface area contributed by atoms with Crippen molar-refractivity contribution in [1.29, 1.82) is 0 Å². The van der Waals surface area contributed by atoms with Crippen molar-refractivity contribution in [3.8, 4) is 11.5 Å². The van der Waals surface area contributed by atoms with E-state index in [2.05, 4.69) is 5.32 Å². The Bertz CT molecular complexity index is 1130. The highest BCUT2D eigenvalue weighted by Crippen LogP contribution is 2.19. The van der Waals surface area contributed by atoms with Gasteiger partial charge < -0.3 is 9.47 Å². The summed E-state index contributed by atoms with van der Waals surface area (Å²) in [6.45, 7) is 1.54. The third-order valence-corrected chi connectivity index (χ3v) is 5.83. The van der Waals surface area contributed by atoms with Crippen molar-refractivity contribution in [2.24, 2.45) is 0 Å². The lowest BCUT2D eigenvalue weighted by molar-refractivity contribution is -0.124. The molecule has 0 spiro atoms. The smallest absolute Gasteiger partial charge is 0.257 e. The van der Waals surface area contributed by atoms with Crippen LogP contribution in [0.4, 0.5) is 0 Å². The van der Waals surface area contributed by atoms with Gasteiger partial charge in [-0.25, -0.2) is 0 Å². The number of nitrogens with zero attached hydrogens (tertiary/aromatic N) is 1. The van der Waals surface area contributed by atoms with Gasteiger partial charge in [-0.1, -0.05) is 36.4 Å². The standard InChI is InChI=1S/C28H28N2O5/c31-26(21-13-15-24(16-14-21)35-19-18-34-23-10-5-2-6-11-23)20-30-17-7-12-25(30)28(33)29-27(32)22-8-3-1-4-9-22/h1-6,8-11,13-16,25H,7,12,17-20H2,(H,29,32,33)/t25-/m1/s1. The molecule has 35 heavy (non-hydrogen) atoms. The van der Waals surface area contributed by atoms with Gasteiger partial charge in [0.2, 0.25) is 5.91 Å². The van der Waals surface area contributed by atoms with Gasteiger partial charge in [0, 0.05) is 11.1 Å². The molecule has 3 aromatic rings. The molecule has 1 atom stereocenters. The van der Waals surface area contributed by atoms with Gasteiger partial charge in [-0.15, -0.1) is 0 Å². The number of ether oxygens (including phenoxy) is 2. The van der Waals surface area contributed by atoms with Gasteiger partial charge in [0.1, 0.15) is 24.7 Å². The lowest BCUT2D eigenvalue weighted by Crippen LogP contribution is -2.46. The number of benzene rings is 3. The lowest BCUT2D eigenvalue weighted by atomic mass is 10.1. The molecule has 180 valence electrons. The fourth-order valence-electron chi connectivity index (χ4n) is 4.02. The van der Waals surface area contributed by atoms with Crippen molar-refractivity contribution in [2.75, 3.05) is 26.3 Å². The summed E-state index contributed by atoms with van der Waals surface area (Å²) in [4.78, 5) is 39.7. The van der Waals surface area contributed by atoms with E-state index in [0.717, 1.165) is 12.2 Å². The molecule has 7 heteroatoms. The normalized spacial score (nSPS) is 15.4. The summed E-state index contributed by atoms with van der Waals surface area (Å²) in [5, 5.41) is 2.47. The molecule has 0 unspecified atom stereocenters. The third-order valence-electron chi connectivity index (χ3n) is 5.83. The van der Waals surface area contributed by atoms with Crippen LogP contribution in [-0.2, 0) is 4.79 Å². The molecule has 1 N–H and O–H groups in total. The molecule has 0 radical (unpaired) electrons. The number of imide groups is 1. The molecule has 1 aliphatic heterocycles. The monoisotopic (exact) mass is 472 g/mol. The highest BCUT2D eigenvalue weighted by Gasteiger charge is 2.33. The van der Waals surface area contributed by atoms with Crippen LogP contribution in [0.2, 0.25) is 0 Å². The number of likely N-dealkylation sites (tertiary alicyclic amines) is 1. The van der Waals surface area contributed by atoms with Crippen LogP contribution in [0.15, 0.2) is 84.9 Å². The second-order valence-electron chi connectivity index (χ2n) is 8.27. The maximum atomic E-state index is 12.8. The van der Waals surface area contributed by atoms with Crippen molar-refractivity contribution in [1.82, 2.24) is 10.2 Å². The van der Waals surface area contributed by atoms with Crippen molar-refractivity contribution < 1.29 is 23.9 Å². The molecule has 0 saturated carbocycles. The number of Topliss-reactive ketones (excluding diaryl/α,β-unsaturated/α-hetero) is 1. The van der Waals surface area contributed by atoms with Crippen LogP contribution in [0.25, 0.3) is 0 Å². The second-order valence-corrected chi connectivity index (χ2v) is 8.27. The molecule has 4 rings (SSSR count). The summed E-state index contributed by atoms with van der Waals surface area (Å²) in [6, 6.07) is 24.6. The number of carbonyl (C=O) groups is 3. The number of hydrogen-bond donors (Lipinski definition) is 1. The third kappa shape index (κ3) is 6.77. The summed E-state index contributed by atoms with van der Waals surface area (Å²) in [7, 11) is 0. The van der Waals surface area contributed by atoms with Gasteiger partial charge in [0.05, 0.1) is 12.6 Å². The summed E-state index contributed by atoms with van der Waals surface area (Å²) in [5.41, 5.74) is 0.972. The predicted molar refractivity (Wildman–Crippen MR) is 132 cm³/mol. The molecule has 2 amide bonds. The minimum absolute atomic E-state index is 0.0851. The first-order valence-electron chi connectivity index (χ1n) is 11.7. The van der Waals surface area contributed by atoms with Crippen LogP contribution in [0, 0.1) is 0 Å². The molecule has 0 aliphatic carbocycles. The SMILES string of the molecule is O=C(CN1CCC[C@@H]1C(=O)NC(=O)c1ccccc1)c1ccc(OCCOc2ccccc2)cc1. The molecule has 0 aromatic heterocycles. The van der Waals surface area contributed by atoms with Crippen LogP contribution in [0.1, 0.15) is 33.6 Å². The summed E-state index contributed by atoms with van der Waals surface area (Å²) < 4.78 is 11.3. The molecular weight excluding hydrogens is 444 g/mol. The quantitative estimate of drug-likeness (QED) is 0.275. The van der Waals surface area contributed by atoms with Gasteiger partial charge in [-0.05, 0) is 67.9 Å². The average Bonchev–Trinajstić information content (AvgIpc) is 3.36.